The van der Waals surface area contributed by atoms with E-state index < -0.39 is 0 Å². The molecule has 2 amide bonds. The fourth-order valence-corrected chi connectivity index (χ4v) is 2.99. The fraction of sp³-hybridized carbons (Fsp3) is 0.471. The molecule has 2 heterocycles. The second kappa shape index (κ2) is 6.81. The fourth-order valence-electron chi connectivity index (χ4n) is 2.99. The molecule has 1 aromatic heterocycles. The number of rotatable bonds is 3. The number of carbonyl (C=O) groups is 1. The van der Waals surface area contributed by atoms with Gasteiger partial charge >= 0.3 is 6.03 Å². The molecule has 23 heavy (non-hydrogen) atoms. The Morgan fingerprint density at radius 1 is 1.35 bits per heavy atom. The first kappa shape index (κ1) is 15.5. The van der Waals surface area contributed by atoms with Crippen LogP contribution in [0.25, 0.3) is 5.69 Å². The standard InChI is InChI=1S/C17H23N5O/c1-13-4-3-9-21(10-13)17(23)20-14(2)15-5-7-16(8-6-15)22-12-18-11-19-22/h5-8,11-14H,3-4,9-10H2,1-2H3,(H,20,23). The van der Waals surface area contributed by atoms with Gasteiger partial charge in [-0.1, -0.05) is 19.1 Å². The molecule has 1 aromatic carbocycles. The first-order valence-corrected chi connectivity index (χ1v) is 8.14. The lowest BCUT2D eigenvalue weighted by Crippen LogP contribution is -2.45. The van der Waals surface area contributed by atoms with Crippen LogP contribution in [0.3, 0.4) is 0 Å². The Morgan fingerprint density at radius 3 is 2.78 bits per heavy atom. The van der Waals surface area contributed by atoms with Crippen LogP contribution in [-0.4, -0.2) is 38.8 Å². The lowest BCUT2D eigenvalue weighted by molar-refractivity contribution is 0.167. The Balaban J connectivity index is 1.61. The van der Waals surface area contributed by atoms with E-state index in [2.05, 4.69) is 22.3 Å². The van der Waals surface area contributed by atoms with Gasteiger partial charge in [-0.05, 0) is 43.4 Å². The van der Waals surface area contributed by atoms with E-state index in [0.717, 1.165) is 30.8 Å². The predicted octanol–water partition coefficient (Wildman–Crippen LogP) is 2.77. The van der Waals surface area contributed by atoms with E-state index in [4.69, 9.17) is 0 Å². The summed E-state index contributed by atoms with van der Waals surface area (Å²) in [4.78, 5) is 18.2. The minimum absolute atomic E-state index is 0.0236. The van der Waals surface area contributed by atoms with Crippen molar-refractivity contribution in [3.05, 3.63) is 42.5 Å². The number of nitrogens with one attached hydrogen (secondary N) is 1. The van der Waals surface area contributed by atoms with E-state index in [9.17, 15) is 4.79 Å². The zero-order valence-electron chi connectivity index (χ0n) is 13.6. The highest BCUT2D eigenvalue weighted by Crippen LogP contribution is 2.18. The van der Waals surface area contributed by atoms with Crippen LogP contribution in [-0.2, 0) is 0 Å². The van der Waals surface area contributed by atoms with E-state index in [1.54, 1.807) is 11.0 Å². The normalized spacial score (nSPS) is 19.4. The molecule has 3 rings (SSSR count). The van der Waals surface area contributed by atoms with Gasteiger partial charge in [0.05, 0.1) is 11.7 Å². The van der Waals surface area contributed by atoms with Crippen molar-refractivity contribution >= 4 is 6.03 Å². The average molecular weight is 313 g/mol. The molecule has 1 saturated heterocycles. The van der Waals surface area contributed by atoms with Crippen molar-refractivity contribution in [1.29, 1.82) is 0 Å². The highest BCUT2D eigenvalue weighted by Gasteiger charge is 2.22. The molecule has 1 aliphatic rings. The van der Waals surface area contributed by atoms with E-state index in [-0.39, 0.29) is 12.1 Å². The number of hydrogen-bond acceptors (Lipinski definition) is 3. The zero-order valence-corrected chi connectivity index (χ0v) is 13.6. The van der Waals surface area contributed by atoms with Crippen molar-refractivity contribution in [1.82, 2.24) is 25.0 Å². The second-order valence-electron chi connectivity index (χ2n) is 6.30. The van der Waals surface area contributed by atoms with E-state index in [0.29, 0.717) is 5.92 Å². The molecule has 0 bridgehead atoms. The van der Waals surface area contributed by atoms with Crippen molar-refractivity contribution in [2.45, 2.75) is 32.7 Å². The summed E-state index contributed by atoms with van der Waals surface area (Å²) in [5.74, 6) is 0.590. The van der Waals surface area contributed by atoms with Crippen molar-refractivity contribution < 1.29 is 4.79 Å². The molecule has 0 saturated carbocycles. The van der Waals surface area contributed by atoms with Crippen LogP contribution < -0.4 is 5.32 Å². The van der Waals surface area contributed by atoms with Gasteiger partial charge in [-0.2, -0.15) is 5.10 Å². The van der Waals surface area contributed by atoms with Crippen molar-refractivity contribution in [3.63, 3.8) is 0 Å². The molecule has 6 heteroatoms. The third kappa shape index (κ3) is 3.70. The molecule has 2 aromatic rings. The number of amides is 2. The van der Waals surface area contributed by atoms with Gasteiger partial charge in [0, 0.05) is 13.1 Å². The third-order valence-electron chi connectivity index (χ3n) is 4.36. The molecule has 1 aliphatic heterocycles. The maximum absolute atomic E-state index is 12.4. The van der Waals surface area contributed by atoms with E-state index in [1.807, 2.05) is 36.1 Å². The summed E-state index contributed by atoms with van der Waals surface area (Å²) in [5, 5.41) is 7.20. The highest BCUT2D eigenvalue weighted by atomic mass is 16.2. The summed E-state index contributed by atoms with van der Waals surface area (Å²) >= 11 is 0. The highest BCUT2D eigenvalue weighted by molar-refractivity contribution is 5.74. The van der Waals surface area contributed by atoms with Crippen LogP contribution in [0.5, 0.6) is 0 Å². The van der Waals surface area contributed by atoms with Gasteiger partial charge in [0.1, 0.15) is 12.7 Å². The van der Waals surface area contributed by atoms with E-state index in [1.165, 1.54) is 12.7 Å². The molecule has 0 aliphatic carbocycles. The summed E-state index contributed by atoms with van der Waals surface area (Å²) in [6, 6.07) is 8.00. The molecule has 6 nitrogen and oxygen atoms in total. The number of likely N-dealkylation sites (tertiary alicyclic amines) is 1. The molecule has 2 atom stereocenters. The Morgan fingerprint density at radius 2 is 2.13 bits per heavy atom. The summed E-state index contributed by atoms with van der Waals surface area (Å²) in [6.45, 7) is 5.92. The number of carbonyl (C=O) groups excluding carboxylic acids is 1. The predicted molar refractivity (Wildman–Crippen MR) is 88.3 cm³/mol. The lowest BCUT2D eigenvalue weighted by Gasteiger charge is -2.32. The van der Waals surface area contributed by atoms with Gasteiger partial charge in [-0.15, -0.1) is 0 Å². The topological polar surface area (TPSA) is 63.1 Å². The molecule has 2 unspecified atom stereocenters. The maximum Gasteiger partial charge on any atom is 0.317 e. The van der Waals surface area contributed by atoms with Gasteiger partial charge < -0.3 is 10.2 Å². The van der Waals surface area contributed by atoms with Gasteiger partial charge in [0.2, 0.25) is 0 Å². The lowest BCUT2D eigenvalue weighted by atomic mass is 10.0. The third-order valence-corrected chi connectivity index (χ3v) is 4.36. The summed E-state index contributed by atoms with van der Waals surface area (Å²) in [7, 11) is 0. The summed E-state index contributed by atoms with van der Waals surface area (Å²) in [6.07, 6.45) is 5.48. The molecule has 122 valence electrons. The average Bonchev–Trinajstić information content (AvgIpc) is 3.09. The van der Waals surface area contributed by atoms with Crippen LogP contribution in [0.15, 0.2) is 36.9 Å². The van der Waals surface area contributed by atoms with Crippen LogP contribution >= 0.6 is 0 Å². The minimum Gasteiger partial charge on any atom is -0.331 e. The Kier molecular flexibility index (Phi) is 4.60. The number of hydrogen-bond donors (Lipinski definition) is 1. The molecular weight excluding hydrogens is 290 g/mol. The SMILES string of the molecule is CC1CCCN(C(=O)NC(C)c2ccc(-n3cncn3)cc2)C1. The van der Waals surface area contributed by atoms with Crippen LogP contribution in [0.1, 0.15) is 38.3 Å². The summed E-state index contributed by atoms with van der Waals surface area (Å²) < 4.78 is 1.71. The monoisotopic (exact) mass is 313 g/mol. The molecular formula is C17H23N5O. The van der Waals surface area contributed by atoms with Gasteiger partial charge in [-0.3, -0.25) is 0 Å². The van der Waals surface area contributed by atoms with Crippen LogP contribution in [0.2, 0.25) is 0 Å². The van der Waals surface area contributed by atoms with Crippen molar-refractivity contribution in [3.8, 4) is 5.69 Å². The number of benzene rings is 1. The number of nitrogens with zero attached hydrogens (tertiary/aromatic N) is 4. The first-order valence-electron chi connectivity index (χ1n) is 8.14. The first-order chi connectivity index (χ1) is 11.1. The Labute approximate surface area is 136 Å². The molecule has 1 N–H and O–H groups in total. The maximum atomic E-state index is 12.4. The van der Waals surface area contributed by atoms with Crippen molar-refractivity contribution in [2.24, 2.45) is 5.92 Å². The van der Waals surface area contributed by atoms with Gasteiger partial charge in [0.15, 0.2) is 0 Å². The molecule has 0 spiro atoms. The Bertz CT molecular complexity index is 638. The minimum atomic E-state index is -0.0236. The quantitative estimate of drug-likeness (QED) is 0.947. The van der Waals surface area contributed by atoms with Crippen molar-refractivity contribution in [2.75, 3.05) is 13.1 Å². The van der Waals surface area contributed by atoms with Crippen LogP contribution in [0, 0.1) is 5.92 Å². The van der Waals surface area contributed by atoms with E-state index >= 15 is 0 Å². The number of urea groups is 1. The Hall–Kier alpha value is -2.37. The summed E-state index contributed by atoms with van der Waals surface area (Å²) in [5.41, 5.74) is 2.03. The van der Waals surface area contributed by atoms with Gasteiger partial charge in [0.25, 0.3) is 0 Å². The second-order valence-corrected chi connectivity index (χ2v) is 6.30. The molecule has 0 radical (unpaired) electrons. The molecule has 1 fully saturated rings. The zero-order chi connectivity index (χ0) is 16.2. The largest absolute Gasteiger partial charge is 0.331 e. The number of piperidine rings is 1. The smallest absolute Gasteiger partial charge is 0.317 e. The van der Waals surface area contributed by atoms with Crippen LogP contribution in [0.4, 0.5) is 4.79 Å². The van der Waals surface area contributed by atoms with Gasteiger partial charge in [-0.25, -0.2) is 14.5 Å². The number of aromatic nitrogens is 3.